The molecule has 2 fully saturated rings. The molecule has 1 unspecified atom stereocenters. The summed E-state index contributed by atoms with van der Waals surface area (Å²) in [4.78, 5) is 29.1. The van der Waals surface area contributed by atoms with Gasteiger partial charge in [-0.25, -0.2) is 9.69 Å². The van der Waals surface area contributed by atoms with Gasteiger partial charge in [0, 0.05) is 27.0 Å². The van der Waals surface area contributed by atoms with Gasteiger partial charge < -0.3 is 5.32 Å². The summed E-state index contributed by atoms with van der Waals surface area (Å²) in [6.07, 6.45) is 0.736. The average Bonchev–Trinajstić information content (AvgIpc) is 3.09. The molecule has 1 N–H and O–H groups in total. The minimum absolute atomic E-state index is 0.0725. The summed E-state index contributed by atoms with van der Waals surface area (Å²) in [6, 6.07) is 1.80. The number of hydrogen-bond acceptors (Lipinski definition) is 5. The molecule has 2 aliphatic heterocycles. The van der Waals surface area contributed by atoms with Crippen molar-refractivity contribution in [3.05, 3.63) is 20.8 Å². The Morgan fingerprint density at radius 2 is 2.33 bits per heavy atom. The van der Waals surface area contributed by atoms with E-state index in [1.54, 1.807) is 23.1 Å². The topological polar surface area (TPSA) is 52.6 Å². The maximum Gasteiger partial charge on any atom is 0.326 e. The summed E-state index contributed by atoms with van der Waals surface area (Å²) in [7, 11) is 1.92. The molecule has 0 radical (unpaired) electrons. The van der Waals surface area contributed by atoms with E-state index in [-0.39, 0.29) is 11.9 Å². The summed E-state index contributed by atoms with van der Waals surface area (Å²) in [5, 5.41) is 4.92. The largest absolute Gasteiger partial charge is 0.326 e. The van der Waals surface area contributed by atoms with Gasteiger partial charge in [0.25, 0.3) is 5.91 Å². The lowest BCUT2D eigenvalue weighted by atomic mass is 10.00. The number of thioether (sulfide) groups is 1. The average molecular weight is 390 g/mol. The predicted octanol–water partition coefficient (Wildman–Crippen LogP) is 2.33. The zero-order valence-corrected chi connectivity index (χ0v) is 14.8. The van der Waals surface area contributed by atoms with Crippen LogP contribution in [0.1, 0.15) is 11.3 Å². The second-order valence-electron chi connectivity index (χ2n) is 5.43. The number of thiophene rings is 1. The van der Waals surface area contributed by atoms with Crippen molar-refractivity contribution in [1.82, 2.24) is 15.1 Å². The number of carbonyl (C=O) groups excluding carboxylic acids is 2. The fourth-order valence-corrected chi connectivity index (χ4v) is 5.49. The van der Waals surface area contributed by atoms with Crippen LogP contribution in [0.3, 0.4) is 0 Å². The molecular weight excluding hydrogens is 374 g/mol. The van der Waals surface area contributed by atoms with Crippen molar-refractivity contribution in [1.29, 1.82) is 0 Å². The third kappa shape index (κ3) is 2.99. The van der Waals surface area contributed by atoms with Crippen molar-refractivity contribution >= 4 is 51.0 Å². The fourth-order valence-electron chi connectivity index (χ4n) is 2.63. The molecule has 0 aliphatic carbocycles. The van der Waals surface area contributed by atoms with Gasteiger partial charge in [-0.2, -0.15) is 11.8 Å². The van der Waals surface area contributed by atoms with Crippen LogP contribution in [0.2, 0.25) is 0 Å². The Morgan fingerprint density at radius 3 is 2.95 bits per heavy atom. The van der Waals surface area contributed by atoms with E-state index in [9.17, 15) is 9.59 Å². The quantitative estimate of drug-likeness (QED) is 0.802. The first-order valence-corrected chi connectivity index (χ1v) is 9.46. The molecule has 3 heterocycles. The van der Waals surface area contributed by atoms with E-state index in [1.165, 1.54) is 9.78 Å². The van der Waals surface area contributed by atoms with E-state index >= 15 is 0 Å². The summed E-state index contributed by atoms with van der Waals surface area (Å²) >= 11 is 6.81. The van der Waals surface area contributed by atoms with Gasteiger partial charge in [0.15, 0.2) is 0 Å². The van der Waals surface area contributed by atoms with Gasteiger partial charge in [-0.1, -0.05) is 0 Å². The molecule has 1 atom stereocenters. The zero-order valence-electron chi connectivity index (χ0n) is 11.6. The van der Waals surface area contributed by atoms with Gasteiger partial charge in [-0.05, 0) is 41.2 Å². The number of urea groups is 1. The lowest BCUT2D eigenvalue weighted by Gasteiger charge is -2.23. The molecule has 114 valence electrons. The van der Waals surface area contributed by atoms with Gasteiger partial charge in [-0.3, -0.25) is 9.69 Å². The standard InChI is InChI=1S/C13H16BrN3O2S2/c1-16(5-10-4-9(14)6-21-10)8-17-11(18)13(15-12(17)19)2-3-20-7-13/h4,6H,2-3,5,7-8H2,1H3,(H,15,19). The molecule has 8 heteroatoms. The Morgan fingerprint density at radius 1 is 1.52 bits per heavy atom. The van der Waals surface area contributed by atoms with E-state index in [2.05, 4.69) is 27.3 Å². The molecule has 0 saturated carbocycles. The van der Waals surface area contributed by atoms with Crippen LogP contribution in [0.25, 0.3) is 0 Å². The SMILES string of the molecule is CN(Cc1cc(Br)cs1)CN1C(=O)NC2(CCSC2)C1=O. The summed E-state index contributed by atoms with van der Waals surface area (Å²) in [5.74, 6) is 1.55. The van der Waals surface area contributed by atoms with Gasteiger partial charge in [-0.15, -0.1) is 11.3 Å². The number of amides is 3. The number of carbonyl (C=O) groups is 2. The molecule has 21 heavy (non-hydrogen) atoms. The van der Waals surface area contributed by atoms with Crippen LogP contribution in [-0.2, 0) is 11.3 Å². The van der Waals surface area contributed by atoms with Crippen molar-refractivity contribution in [3.8, 4) is 0 Å². The molecule has 2 aliphatic rings. The number of hydrogen-bond donors (Lipinski definition) is 1. The maximum atomic E-state index is 12.5. The normalized spacial score (nSPS) is 25.4. The molecule has 3 rings (SSSR count). The van der Waals surface area contributed by atoms with Crippen LogP contribution in [-0.4, -0.2) is 52.5 Å². The van der Waals surface area contributed by atoms with E-state index in [0.29, 0.717) is 12.4 Å². The van der Waals surface area contributed by atoms with Crippen LogP contribution in [0.15, 0.2) is 15.9 Å². The van der Waals surface area contributed by atoms with Crippen LogP contribution < -0.4 is 5.32 Å². The van der Waals surface area contributed by atoms with E-state index in [1.807, 2.05) is 17.3 Å². The number of rotatable bonds is 4. The van der Waals surface area contributed by atoms with Gasteiger partial charge in [0.05, 0.1) is 6.67 Å². The summed E-state index contributed by atoms with van der Waals surface area (Å²) in [5.41, 5.74) is -0.644. The van der Waals surface area contributed by atoms with Crippen LogP contribution >= 0.6 is 39.0 Å². The highest BCUT2D eigenvalue weighted by molar-refractivity contribution is 9.10. The van der Waals surface area contributed by atoms with Crippen molar-refractivity contribution < 1.29 is 9.59 Å². The zero-order chi connectivity index (χ0) is 15.0. The highest BCUT2D eigenvalue weighted by atomic mass is 79.9. The number of nitrogens with one attached hydrogen (secondary N) is 1. The Hall–Kier alpha value is -0.570. The second kappa shape index (κ2) is 5.91. The van der Waals surface area contributed by atoms with Crippen molar-refractivity contribution in [2.75, 3.05) is 25.2 Å². The molecule has 0 bridgehead atoms. The lowest BCUT2D eigenvalue weighted by molar-refractivity contribution is -0.131. The van der Waals surface area contributed by atoms with Crippen LogP contribution in [0, 0.1) is 0 Å². The first-order valence-electron chi connectivity index (χ1n) is 6.63. The predicted molar refractivity (Wildman–Crippen MR) is 88.4 cm³/mol. The monoisotopic (exact) mass is 389 g/mol. The van der Waals surface area contributed by atoms with Crippen LogP contribution in [0.5, 0.6) is 0 Å². The third-order valence-corrected chi connectivity index (χ3v) is 6.57. The van der Waals surface area contributed by atoms with Gasteiger partial charge in [0.1, 0.15) is 5.54 Å². The maximum absolute atomic E-state index is 12.5. The Labute approximate surface area is 140 Å². The smallest absolute Gasteiger partial charge is 0.322 e. The Kier molecular flexibility index (Phi) is 4.31. The molecule has 1 aromatic heterocycles. The van der Waals surface area contributed by atoms with E-state index < -0.39 is 5.54 Å². The van der Waals surface area contributed by atoms with Crippen molar-refractivity contribution in [3.63, 3.8) is 0 Å². The molecule has 1 spiro atoms. The minimum atomic E-state index is -0.644. The van der Waals surface area contributed by atoms with Gasteiger partial charge >= 0.3 is 6.03 Å². The second-order valence-corrected chi connectivity index (χ2v) is 8.45. The number of imide groups is 1. The summed E-state index contributed by atoms with van der Waals surface area (Å²) in [6.45, 7) is 1.04. The molecular formula is C13H16BrN3O2S2. The first-order chi connectivity index (χ1) is 10.00. The third-order valence-electron chi connectivity index (χ3n) is 3.70. The van der Waals surface area contributed by atoms with Crippen molar-refractivity contribution in [2.24, 2.45) is 0 Å². The molecule has 1 aromatic rings. The summed E-state index contributed by atoms with van der Waals surface area (Å²) < 4.78 is 1.06. The Balaban J connectivity index is 1.64. The molecule has 3 amide bonds. The van der Waals surface area contributed by atoms with Gasteiger partial charge in [0.2, 0.25) is 0 Å². The van der Waals surface area contributed by atoms with Crippen molar-refractivity contribution in [2.45, 2.75) is 18.5 Å². The molecule has 0 aromatic carbocycles. The molecule has 5 nitrogen and oxygen atoms in total. The number of halogens is 1. The minimum Gasteiger partial charge on any atom is -0.322 e. The number of nitrogens with zero attached hydrogens (tertiary/aromatic N) is 2. The molecule has 2 saturated heterocycles. The first kappa shape index (κ1) is 15.3. The fraction of sp³-hybridized carbons (Fsp3) is 0.538. The highest BCUT2D eigenvalue weighted by Gasteiger charge is 2.52. The van der Waals surface area contributed by atoms with E-state index in [0.717, 1.165) is 23.2 Å². The Bertz CT molecular complexity index is 572. The highest BCUT2D eigenvalue weighted by Crippen LogP contribution is 2.33. The van der Waals surface area contributed by atoms with Crippen LogP contribution in [0.4, 0.5) is 4.79 Å². The van der Waals surface area contributed by atoms with E-state index in [4.69, 9.17) is 0 Å². The lowest BCUT2D eigenvalue weighted by Crippen LogP contribution is -2.47.